The van der Waals surface area contributed by atoms with Crippen molar-refractivity contribution >= 4 is 21.1 Å². The summed E-state index contributed by atoms with van der Waals surface area (Å²) in [5, 5.41) is 0. The normalized spacial score (nSPS) is 17.3. The van der Waals surface area contributed by atoms with Gasteiger partial charge < -0.3 is 9.30 Å². The van der Waals surface area contributed by atoms with Crippen molar-refractivity contribution in [2.75, 3.05) is 13.2 Å². The first-order valence-corrected chi connectivity index (χ1v) is 10.2. The summed E-state index contributed by atoms with van der Waals surface area (Å²) in [7, 11) is -3.42. The fourth-order valence-electron chi connectivity index (χ4n) is 3.39. The lowest BCUT2D eigenvalue weighted by atomic mass is 10.2. The lowest BCUT2D eigenvalue weighted by molar-refractivity contribution is 0.0581. The van der Waals surface area contributed by atoms with Crippen LogP contribution in [0, 0.1) is 6.92 Å². The smallest absolute Gasteiger partial charge is 0.215 e. The number of hydrogen-bond acceptors (Lipinski definition) is 4. The molecule has 0 radical (unpaired) electrons. The fraction of sp³-hybridized carbons (Fsp3) is 0.316. The number of hydrogen-bond donors (Lipinski definition) is 1. The molecule has 0 bridgehead atoms. The molecule has 4 rings (SSSR count). The van der Waals surface area contributed by atoms with E-state index in [1.807, 2.05) is 55.5 Å². The molecule has 1 aromatic heterocycles. The molecule has 3 aromatic rings. The Kier molecular flexibility index (Phi) is 4.52. The van der Waals surface area contributed by atoms with Crippen LogP contribution in [0.3, 0.4) is 0 Å². The number of aryl methyl sites for hydroxylation is 1. The Morgan fingerprint density at radius 3 is 2.81 bits per heavy atom. The number of imidazole rings is 1. The summed E-state index contributed by atoms with van der Waals surface area (Å²) >= 11 is 0. The molecule has 136 valence electrons. The average Bonchev–Trinajstić information content (AvgIpc) is 3.01. The van der Waals surface area contributed by atoms with Crippen molar-refractivity contribution < 1.29 is 13.2 Å². The monoisotopic (exact) mass is 371 g/mol. The van der Waals surface area contributed by atoms with Crippen molar-refractivity contribution in [3.63, 3.8) is 0 Å². The molecule has 7 heteroatoms. The molecule has 1 atom stereocenters. The van der Waals surface area contributed by atoms with E-state index in [1.54, 1.807) is 0 Å². The van der Waals surface area contributed by atoms with Crippen molar-refractivity contribution in [3.05, 3.63) is 65.5 Å². The van der Waals surface area contributed by atoms with E-state index in [2.05, 4.69) is 14.3 Å². The van der Waals surface area contributed by atoms with Gasteiger partial charge in [0.15, 0.2) is 0 Å². The molecular weight excluding hydrogens is 350 g/mol. The highest BCUT2D eigenvalue weighted by Gasteiger charge is 2.25. The maximum atomic E-state index is 12.4. The molecule has 1 N–H and O–H groups in total. The first-order valence-electron chi connectivity index (χ1n) is 8.59. The van der Waals surface area contributed by atoms with Crippen LogP contribution in [0.25, 0.3) is 11.0 Å². The number of sulfonamides is 1. The first-order chi connectivity index (χ1) is 12.5. The summed E-state index contributed by atoms with van der Waals surface area (Å²) in [6, 6.07) is 15.1. The van der Waals surface area contributed by atoms with Gasteiger partial charge in [-0.25, -0.2) is 18.1 Å². The Bertz CT molecular complexity index is 1030. The Hall–Kier alpha value is -2.22. The number of nitrogens with one attached hydrogen (secondary N) is 1. The van der Waals surface area contributed by atoms with Gasteiger partial charge in [-0.3, -0.25) is 0 Å². The second-order valence-electron chi connectivity index (χ2n) is 6.60. The molecule has 2 aromatic carbocycles. The van der Waals surface area contributed by atoms with Gasteiger partial charge in [0, 0.05) is 6.54 Å². The van der Waals surface area contributed by atoms with Gasteiger partial charge in [0.1, 0.15) is 12.4 Å². The van der Waals surface area contributed by atoms with Crippen molar-refractivity contribution in [2.45, 2.75) is 25.3 Å². The van der Waals surface area contributed by atoms with E-state index in [9.17, 15) is 8.42 Å². The van der Waals surface area contributed by atoms with E-state index in [0.717, 1.165) is 28.0 Å². The van der Waals surface area contributed by atoms with Crippen molar-refractivity contribution in [1.29, 1.82) is 0 Å². The van der Waals surface area contributed by atoms with E-state index < -0.39 is 10.0 Å². The maximum Gasteiger partial charge on any atom is 0.215 e. The zero-order chi connectivity index (χ0) is 18.1. The molecule has 2 heterocycles. The topological polar surface area (TPSA) is 73.2 Å². The third-order valence-electron chi connectivity index (χ3n) is 4.64. The molecule has 0 saturated carbocycles. The molecule has 0 aliphatic carbocycles. The van der Waals surface area contributed by atoms with Crippen LogP contribution in [0.2, 0.25) is 0 Å². The molecule has 1 aliphatic rings. The molecule has 6 nitrogen and oxygen atoms in total. The maximum absolute atomic E-state index is 12.4. The summed E-state index contributed by atoms with van der Waals surface area (Å²) in [5.74, 6) is 0.811. The number of fused-ring (bicyclic) bond motifs is 3. The second kappa shape index (κ2) is 6.83. The predicted molar refractivity (Wildman–Crippen MR) is 100 cm³/mol. The minimum absolute atomic E-state index is 0.0297. The highest BCUT2D eigenvalue weighted by atomic mass is 32.2. The molecule has 0 spiro atoms. The first kappa shape index (κ1) is 17.2. The van der Waals surface area contributed by atoms with Crippen LogP contribution in [-0.4, -0.2) is 31.1 Å². The summed E-state index contributed by atoms with van der Waals surface area (Å²) in [6.07, 6.45) is 0. The fourth-order valence-corrected chi connectivity index (χ4v) is 4.57. The van der Waals surface area contributed by atoms with E-state index in [1.165, 1.54) is 0 Å². The average molecular weight is 371 g/mol. The number of rotatable bonds is 5. The van der Waals surface area contributed by atoms with Crippen LogP contribution in [-0.2, 0) is 27.1 Å². The van der Waals surface area contributed by atoms with Gasteiger partial charge in [0.05, 0.1) is 29.4 Å². The number of para-hydroxylation sites is 1. The summed E-state index contributed by atoms with van der Waals surface area (Å²) in [6.45, 7) is 3.21. The lowest BCUT2D eigenvalue weighted by Gasteiger charge is -2.26. The van der Waals surface area contributed by atoms with Gasteiger partial charge >= 0.3 is 0 Å². The Labute approximate surface area is 152 Å². The van der Waals surface area contributed by atoms with Crippen molar-refractivity contribution in [2.24, 2.45) is 0 Å². The minimum Gasteiger partial charge on any atom is -0.371 e. The summed E-state index contributed by atoms with van der Waals surface area (Å²) in [4.78, 5) is 4.68. The Balaban J connectivity index is 1.55. The molecule has 26 heavy (non-hydrogen) atoms. The molecule has 0 saturated heterocycles. The Morgan fingerprint density at radius 1 is 1.19 bits per heavy atom. The van der Waals surface area contributed by atoms with Crippen LogP contribution in [0.1, 0.15) is 23.0 Å². The Morgan fingerprint density at radius 2 is 2.00 bits per heavy atom. The van der Waals surface area contributed by atoms with Gasteiger partial charge in [-0.1, -0.05) is 42.5 Å². The third kappa shape index (κ3) is 3.38. The minimum atomic E-state index is -3.42. The van der Waals surface area contributed by atoms with Crippen LogP contribution >= 0.6 is 0 Å². The van der Waals surface area contributed by atoms with Crippen LogP contribution in [0.5, 0.6) is 0 Å². The largest absolute Gasteiger partial charge is 0.371 e. The zero-order valence-electron chi connectivity index (χ0n) is 14.6. The van der Waals surface area contributed by atoms with Crippen LogP contribution in [0.4, 0.5) is 0 Å². The van der Waals surface area contributed by atoms with Crippen LogP contribution < -0.4 is 4.72 Å². The van der Waals surface area contributed by atoms with E-state index >= 15 is 0 Å². The number of nitrogens with zero attached hydrogens (tertiary/aromatic N) is 2. The molecular formula is C19H21N3O3S. The lowest BCUT2D eigenvalue weighted by Crippen LogP contribution is -2.36. The predicted octanol–water partition coefficient (Wildman–Crippen LogP) is 2.54. The van der Waals surface area contributed by atoms with Crippen molar-refractivity contribution in [3.8, 4) is 0 Å². The number of benzene rings is 2. The zero-order valence-corrected chi connectivity index (χ0v) is 15.4. The molecule has 1 aliphatic heterocycles. The SMILES string of the molecule is Cc1cccc2c1nc1n2C(CNS(=O)(=O)Cc2ccccc2)COC1. The van der Waals surface area contributed by atoms with E-state index in [4.69, 9.17) is 4.74 Å². The standard InChI is InChI=1S/C19H21N3O3S/c1-14-6-5-9-17-19(14)21-18-12-25-11-16(22(17)18)10-20-26(23,24)13-15-7-3-2-4-8-15/h2-9,16,20H,10-13H2,1H3. The third-order valence-corrected chi connectivity index (χ3v) is 5.96. The van der Waals surface area contributed by atoms with Crippen LogP contribution in [0.15, 0.2) is 48.5 Å². The van der Waals surface area contributed by atoms with Gasteiger partial charge in [-0.2, -0.15) is 0 Å². The van der Waals surface area contributed by atoms with Gasteiger partial charge in [-0.15, -0.1) is 0 Å². The second-order valence-corrected chi connectivity index (χ2v) is 8.41. The van der Waals surface area contributed by atoms with Gasteiger partial charge in [-0.05, 0) is 24.1 Å². The van der Waals surface area contributed by atoms with Gasteiger partial charge in [0.2, 0.25) is 10.0 Å². The summed E-state index contributed by atoms with van der Waals surface area (Å²) in [5.41, 5.74) is 3.85. The highest BCUT2D eigenvalue weighted by Crippen LogP contribution is 2.27. The number of aromatic nitrogens is 2. The van der Waals surface area contributed by atoms with Crippen molar-refractivity contribution in [1.82, 2.24) is 14.3 Å². The quantitative estimate of drug-likeness (QED) is 0.748. The molecule has 0 fully saturated rings. The van der Waals surface area contributed by atoms with E-state index in [-0.39, 0.29) is 18.3 Å². The van der Waals surface area contributed by atoms with Gasteiger partial charge in [0.25, 0.3) is 0 Å². The molecule has 1 unspecified atom stereocenters. The molecule has 0 amide bonds. The number of ether oxygens (including phenoxy) is 1. The highest BCUT2D eigenvalue weighted by molar-refractivity contribution is 7.88. The van der Waals surface area contributed by atoms with E-state index in [0.29, 0.717) is 13.2 Å². The summed E-state index contributed by atoms with van der Waals surface area (Å²) < 4.78 is 35.3.